The number of hydrogen-bond acceptors (Lipinski definition) is 4. The van der Waals surface area contributed by atoms with Gasteiger partial charge in [-0.15, -0.1) is 0 Å². The highest BCUT2D eigenvalue weighted by Gasteiger charge is 2.48. The van der Waals surface area contributed by atoms with E-state index in [2.05, 4.69) is 39.9 Å². The monoisotopic (exact) mass is 340 g/mol. The molecule has 0 saturated carbocycles. The third-order valence-electron chi connectivity index (χ3n) is 4.42. The number of carboxylic acids is 1. The second-order valence-corrected chi connectivity index (χ2v) is 9.99. The molecule has 0 aromatic carbocycles. The van der Waals surface area contributed by atoms with Crippen LogP contribution in [0.3, 0.4) is 0 Å². The molecular formula is C17H28O5Si. The summed E-state index contributed by atoms with van der Waals surface area (Å²) in [5, 5.41) is 9.44. The topological polar surface area (TPSA) is 65.0 Å². The Bertz CT molecular complexity index is 518. The largest absolute Gasteiger partial charge is 0.478 e. The minimum Gasteiger partial charge on any atom is -0.478 e. The van der Waals surface area contributed by atoms with Gasteiger partial charge in [-0.1, -0.05) is 26.8 Å². The smallest absolute Gasteiger partial charge is 0.335 e. The van der Waals surface area contributed by atoms with Crippen molar-refractivity contribution < 1.29 is 23.8 Å². The van der Waals surface area contributed by atoms with E-state index in [1.165, 1.54) is 6.26 Å². The van der Waals surface area contributed by atoms with Crippen molar-refractivity contribution in [3.63, 3.8) is 0 Å². The van der Waals surface area contributed by atoms with E-state index in [-0.39, 0.29) is 23.4 Å². The highest BCUT2D eigenvalue weighted by Crippen LogP contribution is 2.47. The van der Waals surface area contributed by atoms with Gasteiger partial charge in [0, 0.05) is 13.0 Å². The summed E-state index contributed by atoms with van der Waals surface area (Å²) in [6, 6.07) is 0. The first-order chi connectivity index (χ1) is 10.7. The Morgan fingerprint density at radius 2 is 2.09 bits per heavy atom. The van der Waals surface area contributed by atoms with Gasteiger partial charge in [-0.3, -0.25) is 0 Å². The lowest BCUT2D eigenvalue weighted by Gasteiger charge is -2.40. The summed E-state index contributed by atoms with van der Waals surface area (Å²) in [5.41, 5.74) is 1.38. The Morgan fingerprint density at radius 3 is 2.57 bits per heavy atom. The predicted molar refractivity (Wildman–Crippen MR) is 90.5 cm³/mol. The van der Waals surface area contributed by atoms with Crippen LogP contribution >= 0.6 is 0 Å². The molecule has 5 nitrogen and oxygen atoms in total. The van der Waals surface area contributed by atoms with Crippen LogP contribution in [0.4, 0.5) is 0 Å². The molecule has 1 aliphatic heterocycles. The van der Waals surface area contributed by atoms with Gasteiger partial charge in [0.05, 0.1) is 23.9 Å². The number of allylic oxidation sites excluding steroid dienone is 1. The van der Waals surface area contributed by atoms with E-state index in [0.717, 1.165) is 5.57 Å². The molecule has 0 fully saturated rings. The summed E-state index contributed by atoms with van der Waals surface area (Å²) in [7, 11) is 0.347. The molecule has 1 N–H and O–H groups in total. The number of carbonyl (C=O) groups is 1. The normalized spacial score (nSPS) is 28.7. The molecule has 130 valence electrons. The third kappa shape index (κ3) is 3.70. The number of ether oxygens (including phenoxy) is 2. The average Bonchev–Trinajstić information content (AvgIpc) is 2.86. The first kappa shape index (κ1) is 18.2. The second-order valence-electron chi connectivity index (χ2n) is 7.62. The minimum absolute atomic E-state index is 0.0430. The maximum absolute atomic E-state index is 11.5. The third-order valence-corrected chi connectivity index (χ3v) is 5.24. The van der Waals surface area contributed by atoms with Crippen molar-refractivity contribution in [2.45, 2.75) is 52.7 Å². The highest BCUT2D eigenvalue weighted by atomic mass is 28.3. The number of rotatable bonds is 5. The number of carboxylic acid groups (broad SMARTS) is 1. The van der Waals surface area contributed by atoms with Crippen LogP contribution in [-0.2, 0) is 18.7 Å². The lowest BCUT2D eigenvalue weighted by molar-refractivity contribution is -0.145. The Labute approximate surface area is 140 Å². The van der Waals surface area contributed by atoms with Crippen molar-refractivity contribution in [2.24, 2.45) is 17.3 Å². The van der Waals surface area contributed by atoms with Crippen molar-refractivity contribution in [3.8, 4) is 0 Å². The van der Waals surface area contributed by atoms with Crippen LogP contribution in [0.25, 0.3) is 0 Å². The molecule has 0 amide bonds. The van der Waals surface area contributed by atoms with Gasteiger partial charge < -0.3 is 19.0 Å². The maximum Gasteiger partial charge on any atom is 0.335 e. The molecule has 0 aromatic rings. The molecule has 4 atom stereocenters. The fraction of sp³-hybridized carbons (Fsp3) is 0.706. The molecule has 0 spiro atoms. The van der Waals surface area contributed by atoms with E-state index in [0.29, 0.717) is 12.0 Å². The average molecular weight is 340 g/mol. The lowest BCUT2D eigenvalue weighted by Crippen LogP contribution is -2.43. The Balaban J connectivity index is 2.36. The molecule has 2 rings (SSSR count). The van der Waals surface area contributed by atoms with Crippen molar-refractivity contribution in [2.75, 3.05) is 7.11 Å². The van der Waals surface area contributed by atoms with Crippen molar-refractivity contribution >= 4 is 15.0 Å². The fourth-order valence-electron chi connectivity index (χ4n) is 3.51. The highest BCUT2D eigenvalue weighted by molar-refractivity contribution is 6.48. The van der Waals surface area contributed by atoms with Crippen molar-refractivity contribution in [1.29, 1.82) is 0 Å². The van der Waals surface area contributed by atoms with Crippen LogP contribution in [0, 0.1) is 17.3 Å². The zero-order valence-electron chi connectivity index (χ0n) is 14.8. The Morgan fingerprint density at radius 1 is 1.43 bits per heavy atom. The molecule has 2 aliphatic rings. The molecule has 1 unspecified atom stereocenters. The summed E-state index contributed by atoms with van der Waals surface area (Å²) >= 11 is 0. The van der Waals surface area contributed by atoms with Gasteiger partial charge in [-0.25, -0.2) is 4.79 Å². The molecule has 1 heterocycles. The van der Waals surface area contributed by atoms with Gasteiger partial charge >= 0.3 is 5.97 Å². The van der Waals surface area contributed by atoms with Gasteiger partial charge in [-0.2, -0.15) is 0 Å². The second kappa shape index (κ2) is 6.79. The van der Waals surface area contributed by atoms with Gasteiger partial charge in [-0.05, 0) is 30.5 Å². The van der Waals surface area contributed by atoms with E-state index in [4.69, 9.17) is 13.9 Å². The van der Waals surface area contributed by atoms with Crippen molar-refractivity contribution in [3.05, 3.63) is 23.5 Å². The van der Waals surface area contributed by atoms with Gasteiger partial charge in [0.25, 0.3) is 0 Å². The van der Waals surface area contributed by atoms with E-state index in [9.17, 15) is 9.90 Å². The lowest BCUT2D eigenvalue weighted by atomic mass is 9.76. The van der Waals surface area contributed by atoms with E-state index in [1.54, 1.807) is 7.11 Å². The molecule has 0 aromatic heterocycles. The molecule has 0 radical (unpaired) electrons. The molecule has 0 saturated heterocycles. The minimum atomic E-state index is -1.25. The Hall–Kier alpha value is -1.11. The zero-order valence-corrected chi connectivity index (χ0v) is 16.0. The number of methoxy groups -OCH3 is 1. The van der Waals surface area contributed by atoms with Crippen LogP contribution in [0.15, 0.2) is 23.5 Å². The number of hydrogen-bond donors (Lipinski definition) is 1. The van der Waals surface area contributed by atoms with Crippen molar-refractivity contribution in [1.82, 2.24) is 0 Å². The fourth-order valence-corrected chi connectivity index (χ4v) is 4.62. The van der Waals surface area contributed by atoms with Crippen LogP contribution in [-0.4, -0.2) is 39.6 Å². The molecule has 0 bridgehead atoms. The summed E-state index contributed by atoms with van der Waals surface area (Å²) in [5.74, 6) is -1.13. The predicted octanol–water partition coefficient (Wildman–Crippen LogP) is 2.93. The Kier molecular flexibility index (Phi) is 5.38. The zero-order chi connectivity index (χ0) is 17.4. The first-order valence-electron chi connectivity index (χ1n) is 8.13. The summed E-state index contributed by atoms with van der Waals surface area (Å²) in [6.45, 7) is 10.8. The molecule has 23 heavy (non-hydrogen) atoms. The van der Waals surface area contributed by atoms with E-state index in [1.807, 2.05) is 0 Å². The van der Waals surface area contributed by atoms with Crippen LogP contribution < -0.4 is 0 Å². The first-order valence-corrected chi connectivity index (χ1v) is 10.9. The van der Waals surface area contributed by atoms with Crippen LogP contribution in [0.5, 0.6) is 0 Å². The summed E-state index contributed by atoms with van der Waals surface area (Å²) in [4.78, 5) is 11.5. The number of aliphatic carboxylic acids is 1. The quantitative estimate of drug-likeness (QED) is 0.616. The van der Waals surface area contributed by atoms with Crippen LogP contribution in [0.2, 0.25) is 13.1 Å². The maximum atomic E-state index is 11.5. The van der Waals surface area contributed by atoms with E-state index >= 15 is 0 Å². The van der Waals surface area contributed by atoms with Gasteiger partial charge in [0.1, 0.15) is 0 Å². The standard InChI is InChI=1S/C17H28O5Si/c1-17(2,3)14(22-23(5)6)11-8-7-10-12(15(18)19)9-21-16(20-4)13(10)11/h8-10,13-14,16,23H,7H2,1-6H3,(H,18,19)/t10-,13+,14?,16-/m1/s1. The van der Waals surface area contributed by atoms with Crippen LogP contribution in [0.1, 0.15) is 27.2 Å². The summed E-state index contributed by atoms with van der Waals surface area (Å²) in [6.07, 6.45) is 3.67. The summed E-state index contributed by atoms with van der Waals surface area (Å²) < 4.78 is 17.4. The molecule has 1 aliphatic carbocycles. The van der Waals surface area contributed by atoms with Gasteiger partial charge in [0.15, 0.2) is 9.04 Å². The molecular weight excluding hydrogens is 312 g/mol. The SMILES string of the molecule is CO[C@@H]1OC=C(C(=O)O)[C@H]2CC=C(C(O[SiH](C)C)C(C)(C)C)[C@@H]12. The van der Waals surface area contributed by atoms with E-state index < -0.39 is 21.3 Å². The molecule has 6 heteroatoms. The number of fused-ring (bicyclic) bond motifs is 1. The van der Waals surface area contributed by atoms with Gasteiger partial charge in [0.2, 0.25) is 6.29 Å².